The Bertz CT molecular complexity index is 525. The molecule has 1 aliphatic rings. The van der Waals surface area contributed by atoms with Gasteiger partial charge in [-0.15, -0.1) is 0 Å². The number of pyridine rings is 1. The monoisotopic (exact) mass is 232 g/mol. The quantitative estimate of drug-likeness (QED) is 0.767. The third-order valence-electron chi connectivity index (χ3n) is 3.02. The van der Waals surface area contributed by atoms with Crippen LogP contribution in [0.3, 0.4) is 0 Å². The number of benzene rings is 1. The van der Waals surface area contributed by atoms with Crippen LogP contribution in [0.2, 0.25) is 0 Å². The molecule has 0 amide bonds. The van der Waals surface area contributed by atoms with Crippen molar-refractivity contribution in [1.82, 2.24) is 4.98 Å². The molecule has 1 aromatic carbocycles. The molecule has 1 aliphatic carbocycles. The Labute approximate surface area is 109 Å². The average molecular weight is 232 g/mol. The molecular formula is C17H14N. The maximum atomic E-state index is 4.60. The van der Waals surface area contributed by atoms with Gasteiger partial charge in [0.1, 0.15) is 0 Å². The van der Waals surface area contributed by atoms with Crippen molar-refractivity contribution in [2.75, 3.05) is 0 Å². The zero-order valence-corrected chi connectivity index (χ0v) is 10.3. The van der Waals surface area contributed by atoms with Gasteiger partial charge in [-0.25, -0.2) is 0 Å². The highest BCUT2D eigenvalue weighted by Crippen LogP contribution is 2.31. The second-order valence-electron chi connectivity index (χ2n) is 4.42. The first kappa shape index (κ1) is 11.5. The van der Waals surface area contributed by atoms with Crippen LogP contribution in [0.15, 0.2) is 42.5 Å². The predicted molar refractivity (Wildman–Crippen MR) is 74.0 cm³/mol. The summed E-state index contributed by atoms with van der Waals surface area (Å²) in [5.41, 5.74) is 4.54. The maximum absolute atomic E-state index is 4.60. The molecule has 3 rings (SSSR count). The van der Waals surface area contributed by atoms with Crippen molar-refractivity contribution in [3.63, 3.8) is 0 Å². The fourth-order valence-corrected chi connectivity index (χ4v) is 2.16. The molecule has 0 aliphatic heterocycles. The van der Waals surface area contributed by atoms with Gasteiger partial charge in [-0.3, -0.25) is 4.98 Å². The van der Waals surface area contributed by atoms with E-state index in [-0.39, 0.29) is 0 Å². The van der Waals surface area contributed by atoms with E-state index in [1.807, 2.05) is 25.8 Å². The van der Waals surface area contributed by atoms with E-state index in [2.05, 4.69) is 54.2 Å². The molecule has 1 heteroatoms. The summed E-state index contributed by atoms with van der Waals surface area (Å²) < 4.78 is 0. The molecule has 0 bridgehead atoms. The number of aryl methyl sites for hydroxylation is 1. The highest BCUT2D eigenvalue weighted by molar-refractivity contribution is 5.65. The van der Waals surface area contributed by atoms with Crippen LogP contribution < -0.4 is 0 Å². The summed E-state index contributed by atoms with van der Waals surface area (Å²) in [4.78, 5) is 4.60. The average Bonchev–Trinajstić information content (AvgIpc) is 2.93. The third kappa shape index (κ3) is 2.31. The normalized spacial score (nSPS) is 16.1. The molecule has 0 saturated heterocycles. The van der Waals surface area contributed by atoms with Gasteiger partial charge >= 0.3 is 0 Å². The lowest BCUT2D eigenvalue weighted by Gasteiger charge is -2.11. The van der Waals surface area contributed by atoms with Crippen molar-refractivity contribution >= 4 is 0 Å². The number of nitrogens with zero attached hydrogens (tertiary/aromatic N) is 1. The Morgan fingerprint density at radius 1 is 0.833 bits per heavy atom. The molecule has 5 radical (unpaired) electrons. The highest BCUT2D eigenvalue weighted by atomic mass is 14.7. The molecule has 87 valence electrons. The largest absolute Gasteiger partial charge is 0.257 e. The summed E-state index contributed by atoms with van der Waals surface area (Å²) in [6.07, 6.45) is 8.27. The van der Waals surface area contributed by atoms with Crippen molar-refractivity contribution in [2.45, 2.75) is 6.92 Å². The van der Waals surface area contributed by atoms with Crippen LogP contribution in [0.25, 0.3) is 11.1 Å². The van der Waals surface area contributed by atoms with E-state index in [4.69, 9.17) is 0 Å². The zero-order chi connectivity index (χ0) is 12.4. The first-order chi connectivity index (χ1) is 8.83. The third-order valence-corrected chi connectivity index (χ3v) is 3.02. The summed E-state index contributed by atoms with van der Waals surface area (Å²) in [5, 5.41) is 0. The van der Waals surface area contributed by atoms with Crippen LogP contribution in [0.4, 0.5) is 0 Å². The van der Waals surface area contributed by atoms with E-state index in [0.717, 1.165) is 11.4 Å². The number of rotatable bonds is 2. The van der Waals surface area contributed by atoms with Gasteiger partial charge in [-0.1, -0.05) is 30.3 Å². The molecule has 1 saturated carbocycles. The van der Waals surface area contributed by atoms with Gasteiger partial charge in [0.05, 0.1) is 0 Å². The van der Waals surface area contributed by atoms with Crippen LogP contribution in [0.5, 0.6) is 0 Å². The van der Waals surface area contributed by atoms with Crippen molar-refractivity contribution < 1.29 is 0 Å². The van der Waals surface area contributed by atoms with Crippen LogP contribution in [-0.4, -0.2) is 4.98 Å². The van der Waals surface area contributed by atoms with Gasteiger partial charge in [0, 0.05) is 17.3 Å². The first-order valence-electron chi connectivity index (χ1n) is 6.09. The van der Waals surface area contributed by atoms with Gasteiger partial charge < -0.3 is 0 Å². The molecule has 1 aromatic heterocycles. The maximum Gasteiger partial charge on any atom is 0.0490 e. The summed E-state index contributed by atoms with van der Waals surface area (Å²) in [5.74, 6) is 1.18. The molecular weight excluding hydrogens is 218 g/mol. The number of hydrogen-bond acceptors (Lipinski definition) is 1. The van der Waals surface area contributed by atoms with E-state index in [1.165, 1.54) is 17.0 Å². The van der Waals surface area contributed by atoms with E-state index in [0.29, 0.717) is 0 Å². The van der Waals surface area contributed by atoms with Crippen LogP contribution in [0, 0.1) is 38.5 Å². The van der Waals surface area contributed by atoms with E-state index in [9.17, 15) is 0 Å². The molecule has 18 heavy (non-hydrogen) atoms. The van der Waals surface area contributed by atoms with Crippen molar-refractivity contribution in [3.05, 3.63) is 85.5 Å². The minimum Gasteiger partial charge on any atom is -0.257 e. The number of aromatic nitrogens is 1. The van der Waals surface area contributed by atoms with Gasteiger partial charge in [0.25, 0.3) is 0 Å². The predicted octanol–water partition coefficient (Wildman–Crippen LogP) is 3.81. The van der Waals surface area contributed by atoms with Gasteiger partial charge in [0.15, 0.2) is 0 Å². The van der Waals surface area contributed by atoms with Gasteiger partial charge in [0.2, 0.25) is 0 Å². The molecule has 0 unspecified atom stereocenters. The summed E-state index contributed by atoms with van der Waals surface area (Å²) >= 11 is 0. The lowest BCUT2D eigenvalue weighted by Crippen LogP contribution is -2.00. The van der Waals surface area contributed by atoms with Gasteiger partial charge in [-0.2, -0.15) is 0 Å². The summed E-state index contributed by atoms with van der Waals surface area (Å²) in [6, 6.07) is 14.7. The Balaban J connectivity index is 2.00. The van der Waals surface area contributed by atoms with Crippen molar-refractivity contribution in [1.29, 1.82) is 0 Å². The first-order valence-corrected chi connectivity index (χ1v) is 6.09. The molecule has 0 N–H and O–H groups in total. The Hall–Kier alpha value is -1.63. The van der Waals surface area contributed by atoms with Crippen LogP contribution in [-0.2, 0) is 0 Å². The zero-order valence-electron chi connectivity index (χ0n) is 10.3. The van der Waals surface area contributed by atoms with E-state index >= 15 is 0 Å². The summed E-state index contributed by atoms with van der Waals surface area (Å²) in [6.45, 7) is 2.04. The Morgan fingerprint density at radius 2 is 1.56 bits per heavy atom. The number of hydrogen-bond donors (Lipinski definition) is 0. The topological polar surface area (TPSA) is 12.9 Å². The fourth-order valence-electron chi connectivity index (χ4n) is 2.16. The highest BCUT2D eigenvalue weighted by Gasteiger charge is 2.20. The smallest absolute Gasteiger partial charge is 0.0490 e. The van der Waals surface area contributed by atoms with Crippen LogP contribution >= 0.6 is 0 Å². The molecule has 1 fully saturated rings. The van der Waals surface area contributed by atoms with Crippen molar-refractivity contribution in [3.8, 4) is 11.1 Å². The molecule has 0 spiro atoms. The summed E-state index contributed by atoms with van der Waals surface area (Å²) in [7, 11) is 0. The standard InChI is InChI=1S/C17H14N/c1-13-11-16(14-7-3-2-4-8-14)12-17(18-13)15-9-5-6-10-15/h2-12H,1H3. The molecule has 1 heterocycles. The van der Waals surface area contributed by atoms with Crippen molar-refractivity contribution in [2.24, 2.45) is 0 Å². The minimum absolute atomic E-state index is 1.04. The minimum atomic E-state index is 1.04. The molecule has 1 nitrogen and oxygen atoms in total. The fraction of sp³-hybridized carbons (Fsp3) is 0.0588. The molecule has 2 aromatic rings. The van der Waals surface area contributed by atoms with E-state index in [1.54, 1.807) is 0 Å². The second-order valence-corrected chi connectivity index (χ2v) is 4.42. The molecule has 0 atom stereocenters. The van der Waals surface area contributed by atoms with Gasteiger partial charge in [-0.05, 0) is 55.9 Å². The lowest BCUT2D eigenvalue weighted by atomic mass is 9.98. The SMILES string of the molecule is Cc1cc(-c2ccccc2)cc([C]2[CH][CH][CH][CH]2)n1. The Morgan fingerprint density at radius 3 is 2.28 bits per heavy atom. The Kier molecular flexibility index (Phi) is 3.14. The van der Waals surface area contributed by atoms with E-state index < -0.39 is 0 Å². The second kappa shape index (κ2) is 4.93. The van der Waals surface area contributed by atoms with Crippen LogP contribution in [0.1, 0.15) is 11.4 Å². The lowest BCUT2D eigenvalue weighted by molar-refractivity contribution is 1.09.